The van der Waals surface area contributed by atoms with Crippen LogP contribution in [-0.2, 0) is 0 Å². The summed E-state index contributed by atoms with van der Waals surface area (Å²) >= 11 is 0. The minimum atomic E-state index is -0.917. The lowest BCUT2D eigenvalue weighted by molar-refractivity contribution is 0.383. The van der Waals surface area contributed by atoms with Crippen molar-refractivity contribution >= 4 is 12.2 Å². The first-order valence-corrected chi connectivity index (χ1v) is 7.96. The van der Waals surface area contributed by atoms with E-state index in [4.69, 9.17) is 4.74 Å². The highest BCUT2D eigenvalue weighted by molar-refractivity contribution is 5.81. The zero-order valence-corrected chi connectivity index (χ0v) is 14.5. The number of nitrogens with zero attached hydrogens (tertiary/aromatic N) is 3. The molecule has 0 saturated heterocycles. The Hall–Kier alpha value is -4.06. The van der Waals surface area contributed by atoms with Crippen LogP contribution in [0.3, 0.4) is 0 Å². The zero-order chi connectivity index (χ0) is 20.1. The van der Waals surface area contributed by atoms with Gasteiger partial charge in [-0.15, -0.1) is 0 Å². The van der Waals surface area contributed by atoms with Crippen LogP contribution in [0.4, 0.5) is 14.7 Å². The summed E-state index contributed by atoms with van der Waals surface area (Å²) in [6, 6.07) is 12.6. The summed E-state index contributed by atoms with van der Waals surface area (Å²) in [5, 5.41) is 12.9. The van der Waals surface area contributed by atoms with Gasteiger partial charge >= 0.3 is 0 Å². The normalized spacial score (nSPS) is 10.6. The van der Waals surface area contributed by atoms with Crippen LogP contribution >= 0.6 is 0 Å². The number of ether oxygens (including phenoxy) is 1. The van der Waals surface area contributed by atoms with E-state index in [2.05, 4.69) is 20.5 Å². The maximum atomic E-state index is 14.1. The number of halogens is 2. The van der Waals surface area contributed by atoms with Crippen molar-refractivity contribution in [1.82, 2.24) is 9.97 Å². The number of anilines is 1. The van der Waals surface area contributed by atoms with Gasteiger partial charge in [-0.25, -0.2) is 19.2 Å². The van der Waals surface area contributed by atoms with Crippen molar-refractivity contribution in [2.45, 2.75) is 0 Å². The molecule has 0 aliphatic heterocycles. The number of rotatable bonds is 5. The molecule has 3 aromatic rings. The third-order valence-electron chi connectivity index (χ3n) is 3.75. The monoisotopic (exact) mass is 381 g/mol. The van der Waals surface area contributed by atoms with Crippen molar-refractivity contribution < 1.29 is 13.5 Å². The maximum absolute atomic E-state index is 14.1. The molecule has 0 fully saturated rings. The van der Waals surface area contributed by atoms with Crippen LogP contribution in [0, 0.1) is 23.0 Å². The number of nitrogens with one attached hydrogen (secondary N) is 2. The van der Waals surface area contributed by atoms with E-state index >= 15 is 0 Å². The molecule has 1 heterocycles. The second-order valence-corrected chi connectivity index (χ2v) is 5.46. The van der Waals surface area contributed by atoms with Crippen LogP contribution in [0.15, 0.2) is 52.4 Å². The quantitative estimate of drug-likeness (QED) is 0.522. The van der Waals surface area contributed by atoms with Crippen LogP contribution in [0.5, 0.6) is 5.75 Å². The molecule has 140 valence electrons. The van der Waals surface area contributed by atoms with Crippen molar-refractivity contribution in [3.63, 3.8) is 0 Å². The van der Waals surface area contributed by atoms with Crippen molar-refractivity contribution in [3.05, 3.63) is 75.6 Å². The fourth-order valence-electron chi connectivity index (χ4n) is 2.42. The molecule has 28 heavy (non-hydrogen) atoms. The van der Waals surface area contributed by atoms with E-state index < -0.39 is 22.8 Å². The first kappa shape index (κ1) is 18.7. The second kappa shape index (κ2) is 8.09. The maximum Gasteiger partial charge on any atom is 0.270 e. The Morgan fingerprint density at radius 1 is 1.25 bits per heavy atom. The van der Waals surface area contributed by atoms with Crippen LogP contribution in [0.25, 0.3) is 11.3 Å². The van der Waals surface area contributed by atoms with Crippen LogP contribution in [0.2, 0.25) is 0 Å². The molecule has 9 heteroatoms. The number of H-pyrrole nitrogens is 1. The van der Waals surface area contributed by atoms with Crippen LogP contribution in [-0.4, -0.2) is 23.3 Å². The van der Waals surface area contributed by atoms with Gasteiger partial charge in [-0.2, -0.15) is 10.4 Å². The molecule has 0 unspecified atom stereocenters. The van der Waals surface area contributed by atoms with Crippen molar-refractivity contribution in [2.75, 3.05) is 12.5 Å². The Morgan fingerprint density at radius 3 is 2.68 bits per heavy atom. The minimum absolute atomic E-state index is 0.0946. The number of aromatic amines is 1. The van der Waals surface area contributed by atoms with Gasteiger partial charge < -0.3 is 4.74 Å². The molecule has 3 rings (SSSR count). The van der Waals surface area contributed by atoms with Gasteiger partial charge in [0.15, 0.2) is 11.6 Å². The average molecular weight is 381 g/mol. The SMILES string of the molecule is COc1ccc(F)c(C=NNc2nc(-c3ccccc3)c(C#N)c(=O)[nH]2)c1F. The summed E-state index contributed by atoms with van der Waals surface area (Å²) < 4.78 is 32.7. The van der Waals surface area contributed by atoms with E-state index in [1.165, 1.54) is 7.11 Å². The Morgan fingerprint density at radius 2 is 2.00 bits per heavy atom. The third kappa shape index (κ3) is 3.71. The molecule has 0 atom stereocenters. The van der Waals surface area contributed by atoms with Crippen molar-refractivity contribution in [2.24, 2.45) is 5.10 Å². The standard InChI is InChI=1S/C19H13F2N5O2/c1-28-15-8-7-14(20)13(16(15)21)10-23-26-19-24-17(11-5-3-2-4-6-11)12(9-22)18(27)25-19/h2-8,10H,1H3,(H2,24,25,26,27). The highest BCUT2D eigenvalue weighted by atomic mass is 19.1. The molecule has 2 N–H and O–H groups in total. The lowest BCUT2D eigenvalue weighted by Crippen LogP contribution is -2.16. The largest absolute Gasteiger partial charge is 0.494 e. The third-order valence-corrected chi connectivity index (χ3v) is 3.75. The topological polar surface area (TPSA) is 103 Å². The second-order valence-electron chi connectivity index (χ2n) is 5.46. The smallest absolute Gasteiger partial charge is 0.270 e. The predicted octanol–water partition coefficient (Wildman–Crippen LogP) is 3.04. The van der Waals surface area contributed by atoms with Gasteiger partial charge in [-0.1, -0.05) is 30.3 Å². The molecule has 0 aliphatic rings. The fourth-order valence-corrected chi connectivity index (χ4v) is 2.42. The molecule has 0 bridgehead atoms. The van der Waals surface area contributed by atoms with Gasteiger partial charge in [0.1, 0.15) is 17.4 Å². The minimum Gasteiger partial charge on any atom is -0.494 e. The van der Waals surface area contributed by atoms with Gasteiger partial charge in [-0.3, -0.25) is 9.78 Å². The molecule has 0 spiro atoms. The summed E-state index contributed by atoms with van der Waals surface area (Å²) in [4.78, 5) is 18.7. The van der Waals surface area contributed by atoms with Crippen molar-refractivity contribution in [1.29, 1.82) is 5.26 Å². The number of hydrogen-bond acceptors (Lipinski definition) is 6. The van der Waals surface area contributed by atoms with E-state index in [1.54, 1.807) is 30.3 Å². The zero-order valence-electron chi connectivity index (χ0n) is 14.5. The van der Waals surface area contributed by atoms with Gasteiger partial charge in [0.05, 0.1) is 24.6 Å². The molecule has 2 aromatic carbocycles. The Labute approximate surface area is 157 Å². The Balaban J connectivity index is 1.95. The summed E-state index contributed by atoms with van der Waals surface area (Å²) in [6.07, 6.45) is 0.896. The summed E-state index contributed by atoms with van der Waals surface area (Å²) in [5.74, 6) is -1.99. The highest BCUT2D eigenvalue weighted by Gasteiger charge is 2.14. The van der Waals surface area contributed by atoms with E-state index in [1.807, 2.05) is 6.07 Å². The van der Waals surface area contributed by atoms with E-state index in [0.717, 1.165) is 18.3 Å². The van der Waals surface area contributed by atoms with Gasteiger partial charge in [-0.05, 0) is 12.1 Å². The first-order valence-electron chi connectivity index (χ1n) is 7.96. The van der Waals surface area contributed by atoms with Crippen LogP contribution < -0.4 is 15.7 Å². The molecule has 0 amide bonds. The Bertz CT molecular complexity index is 1140. The summed E-state index contributed by atoms with van der Waals surface area (Å²) in [5.41, 5.74) is 1.86. The van der Waals surface area contributed by atoms with Gasteiger partial charge in [0.25, 0.3) is 5.56 Å². The molecule has 7 nitrogen and oxygen atoms in total. The fraction of sp³-hybridized carbons (Fsp3) is 0.0526. The van der Waals surface area contributed by atoms with E-state index in [9.17, 15) is 18.8 Å². The van der Waals surface area contributed by atoms with Crippen molar-refractivity contribution in [3.8, 4) is 23.1 Å². The van der Waals surface area contributed by atoms with E-state index in [0.29, 0.717) is 5.56 Å². The van der Waals surface area contributed by atoms with Gasteiger partial charge in [0.2, 0.25) is 5.95 Å². The first-order chi connectivity index (χ1) is 13.5. The number of aromatic nitrogens is 2. The number of benzene rings is 2. The van der Waals surface area contributed by atoms with Gasteiger partial charge in [0, 0.05) is 5.56 Å². The molecule has 0 aliphatic carbocycles. The predicted molar refractivity (Wildman–Crippen MR) is 99.1 cm³/mol. The van der Waals surface area contributed by atoms with Crippen LogP contribution in [0.1, 0.15) is 11.1 Å². The lowest BCUT2D eigenvalue weighted by Gasteiger charge is -2.07. The molecular weight excluding hydrogens is 368 g/mol. The molecule has 0 radical (unpaired) electrons. The Kier molecular flexibility index (Phi) is 5.41. The summed E-state index contributed by atoms with van der Waals surface area (Å²) in [6.45, 7) is 0. The lowest BCUT2D eigenvalue weighted by atomic mass is 10.1. The molecular formula is C19H13F2N5O2. The summed E-state index contributed by atoms with van der Waals surface area (Å²) in [7, 11) is 1.26. The number of nitriles is 1. The number of hydrogen-bond donors (Lipinski definition) is 2. The highest BCUT2D eigenvalue weighted by Crippen LogP contribution is 2.22. The molecule has 0 saturated carbocycles. The number of methoxy groups -OCH3 is 1. The number of hydrazone groups is 1. The average Bonchev–Trinajstić information content (AvgIpc) is 2.71. The molecule has 1 aromatic heterocycles. The van der Waals surface area contributed by atoms with E-state index in [-0.39, 0.29) is 23.0 Å².